The van der Waals surface area contributed by atoms with Crippen LogP contribution < -0.4 is 33.6 Å². The number of guanidine groups is 1. The summed E-state index contributed by atoms with van der Waals surface area (Å²) in [6, 6.07) is 5.40. The van der Waals surface area contributed by atoms with Crippen molar-refractivity contribution in [1.82, 2.24) is 15.6 Å². The van der Waals surface area contributed by atoms with E-state index in [-0.39, 0.29) is 18.8 Å². The number of nitrogens with zero attached hydrogens (tertiary/aromatic N) is 2. The first kappa shape index (κ1) is 29.8. The Kier molecular flexibility index (Phi) is 12.1. The van der Waals surface area contributed by atoms with Crippen molar-refractivity contribution in [2.45, 2.75) is 50.2 Å². The lowest BCUT2D eigenvalue weighted by molar-refractivity contribution is -0.131. The van der Waals surface area contributed by atoms with Gasteiger partial charge in [0.2, 0.25) is 17.7 Å². The van der Waals surface area contributed by atoms with Gasteiger partial charge in [0.1, 0.15) is 12.1 Å². The predicted octanol–water partition coefficient (Wildman–Crippen LogP) is 0.400. The maximum absolute atomic E-state index is 13.2. The monoisotopic (exact) mass is 550 g/mol. The molecule has 3 amide bonds. The minimum atomic E-state index is -1.05. The van der Waals surface area contributed by atoms with E-state index in [1.54, 1.807) is 42.7 Å². The number of unbranched alkanes of at least 4 members (excludes halogenated alkanes) is 1. The normalized spacial score (nSPS) is 13.2. The molecule has 1 aromatic heterocycles. The van der Waals surface area contributed by atoms with E-state index in [9.17, 15) is 14.4 Å². The zero-order chi connectivity index (χ0) is 27.4. The van der Waals surface area contributed by atoms with Crippen molar-refractivity contribution in [3.8, 4) is 0 Å². The molecule has 3 atom stereocenters. The lowest BCUT2D eigenvalue weighted by atomic mass is 10.0. The number of halogens is 2. The molecular weight excluding hydrogens is 519 g/mol. The molecule has 0 aliphatic carbocycles. The number of primary amides is 1. The van der Waals surface area contributed by atoms with Gasteiger partial charge in [-0.2, -0.15) is 0 Å². The number of pyridine rings is 1. The van der Waals surface area contributed by atoms with E-state index in [0.29, 0.717) is 47.0 Å². The number of hydrogen-bond donors (Lipinski definition) is 6. The molecule has 0 bridgehead atoms. The Bertz CT molecular complexity index is 1100. The van der Waals surface area contributed by atoms with Crippen molar-refractivity contribution in [2.75, 3.05) is 6.54 Å². The maximum Gasteiger partial charge on any atom is 0.243 e. The van der Waals surface area contributed by atoms with Crippen molar-refractivity contribution in [1.29, 1.82) is 0 Å². The number of aromatic nitrogens is 1. The molecule has 0 fully saturated rings. The SMILES string of the molecule is NC(=O)[C@H](Cc1ccc(Cl)c(Cl)c1)NC(=O)[C@H](Cc1cccnc1)NC(=O)[C@@H](N)CCCCN=C(N)N. The van der Waals surface area contributed by atoms with E-state index >= 15 is 0 Å². The van der Waals surface area contributed by atoms with Gasteiger partial charge in [-0.3, -0.25) is 24.4 Å². The second-order valence-corrected chi connectivity index (χ2v) is 9.27. The van der Waals surface area contributed by atoms with Crippen LogP contribution >= 0.6 is 23.2 Å². The molecule has 37 heavy (non-hydrogen) atoms. The van der Waals surface area contributed by atoms with Gasteiger partial charge < -0.3 is 33.6 Å². The van der Waals surface area contributed by atoms with E-state index in [0.717, 1.165) is 0 Å². The molecule has 200 valence electrons. The van der Waals surface area contributed by atoms with E-state index in [1.807, 2.05) is 0 Å². The van der Waals surface area contributed by atoms with Crippen LogP contribution in [0.4, 0.5) is 0 Å². The van der Waals surface area contributed by atoms with Crippen LogP contribution in [-0.2, 0) is 27.2 Å². The van der Waals surface area contributed by atoms with Crippen molar-refractivity contribution < 1.29 is 14.4 Å². The first-order valence-electron chi connectivity index (χ1n) is 11.6. The topological polar surface area (TPSA) is 205 Å². The second-order valence-electron chi connectivity index (χ2n) is 8.45. The Morgan fingerprint density at radius 2 is 1.62 bits per heavy atom. The molecule has 0 unspecified atom stereocenters. The third-order valence-corrected chi connectivity index (χ3v) is 6.17. The van der Waals surface area contributed by atoms with Crippen LogP contribution in [0.15, 0.2) is 47.7 Å². The lowest BCUT2D eigenvalue weighted by Gasteiger charge is -2.23. The van der Waals surface area contributed by atoms with E-state index in [1.165, 1.54) is 0 Å². The highest BCUT2D eigenvalue weighted by Gasteiger charge is 2.28. The number of carbonyl (C=O) groups is 3. The van der Waals surface area contributed by atoms with Crippen LogP contribution in [0, 0.1) is 0 Å². The summed E-state index contributed by atoms with van der Waals surface area (Å²) >= 11 is 12.0. The molecule has 1 aromatic carbocycles. The fraction of sp³-hybridized carbons (Fsp3) is 0.375. The highest BCUT2D eigenvalue weighted by Crippen LogP contribution is 2.23. The van der Waals surface area contributed by atoms with Crippen molar-refractivity contribution in [3.05, 3.63) is 63.9 Å². The zero-order valence-corrected chi connectivity index (χ0v) is 21.7. The third kappa shape index (κ3) is 10.6. The van der Waals surface area contributed by atoms with Crippen LogP contribution in [0.1, 0.15) is 30.4 Å². The standard InChI is InChI=1S/C24H32Cl2N8O3/c25-16-7-6-14(10-17(16)26)11-19(21(28)35)33-23(37)20(12-15-4-3-8-31-13-15)34-22(36)18(27)5-1-2-9-32-24(29)30/h3-4,6-8,10,13,18-20H,1-2,5,9,11-12,27H2,(H2,28,35)(H,33,37)(H,34,36)(H4,29,30,32)/t18-,19-,20-/m0/s1. The summed E-state index contributed by atoms with van der Waals surface area (Å²) in [5.74, 6) is -1.85. The Labute approximate surface area is 225 Å². The van der Waals surface area contributed by atoms with E-state index < -0.39 is 35.8 Å². The summed E-state index contributed by atoms with van der Waals surface area (Å²) in [5, 5.41) is 5.98. The first-order valence-corrected chi connectivity index (χ1v) is 12.4. The van der Waals surface area contributed by atoms with Gasteiger partial charge in [-0.15, -0.1) is 0 Å². The molecular formula is C24H32Cl2N8O3. The summed E-state index contributed by atoms with van der Waals surface area (Å²) in [5.41, 5.74) is 23.5. The second kappa shape index (κ2) is 15.0. The van der Waals surface area contributed by atoms with Crippen molar-refractivity contribution >= 4 is 46.9 Å². The quantitative estimate of drug-likeness (QED) is 0.111. The van der Waals surface area contributed by atoms with Crippen molar-refractivity contribution in [3.63, 3.8) is 0 Å². The average molecular weight is 551 g/mol. The number of benzene rings is 1. The third-order valence-electron chi connectivity index (χ3n) is 5.43. The zero-order valence-electron chi connectivity index (χ0n) is 20.2. The largest absolute Gasteiger partial charge is 0.370 e. The summed E-state index contributed by atoms with van der Waals surface area (Å²) in [6.07, 6.45) is 5.01. The van der Waals surface area contributed by atoms with Gasteiger partial charge in [0.25, 0.3) is 0 Å². The van der Waals surface area contributed by atoms with Gasteiger partial charge in [0.15, 0.2) is 5.96 Å². The molecule has 0 radical (unpaired) electrons. The molecule has 2 rings (SSSR count). The Morgan fingerprint density at radius 3 is 2.24 bits per heavy atom. The molecule has 2 aromatic rings. The Hall–Kier alpha value is -3.41. The minimum Gasteiger partial charge on any atom is -0.370 e. The predicted molar refractivity (Wildman–Crippen MR) is 144 cm³/mol. The first-order chi connectivity index (χ1) is 17.6. The Morgan fingerprint density at radius 1 is 0.919 bits per heavy atom. The summed E-state index contributed by atoms with van der Waals surface area (Å²) < 4.78 is 0. The van der Waals surface area contributed by atoms with Gasteiger partial charge >= 0.3 is 0 Å². The van der Waals surface area contributed by atoms with Crippen LogP contribution in [0.3, 0.4) is 0 Å². The fourth-order valence-electron chi connectivity index (χ4n) is 3.46. The van der Waals surface area contributed by atoms with Crippen LogP contribution in [0.5, 0.6) is 0 Å². The summed E-state index contributed by atoms with van der Waals surface area (Å²) in [7, 11) is 0. The molecule has 0 aliphatic heterocycles. The molecule has 1 heterocycles. The number of nitrogens with two attached hydrogens (primary N) is 4. The Balaban J connectivity index is 2.09. The highest BCUT2D eigenvalue weighted by atomic mass is 35.5. The number of rotatable bonds is 14. The van der Waals surface area contributed by atoms with Crippen LogP contribution in [0.25, 0.3) is 0 Å². The molecule has 0 spiro atoms. The van der Waals surface area contributed by atoms with Crippen molar-refractivity contribution in [2.24, 2.45) is 27.9 Å². The molecule has 11 nitrogen and oxygen atoms in total. The number of carbonyl (C=O) groups excluding carboxylic acids is 3. The van der Waals surface area contributed by atoms with Gasteiger partial charge in [0.05, 0.1) is 16.1 Å². The van der Waals surface area contributed by atoms with E-state index in [4.69, 9.17) is 46.1 Å². The fourth-order valence-corrected chi connectivity index (χ4v) is 3.78. The minimum absolute atomic E-state index is 0.000257. The lowest BCUT2D eigenvalue weighted by Crippen LogP contribution is -2.56. The average Bonchev–Trinajstić information content (AvgIpc) is 2.85. The number of hydrogen-bond acceptors (Lipinski definition) is 6. The molecule has 0 saturated carbocycles. The molecule has 0 saturated heterocycles. The molecule has 10 N–H and O–H groups in total. The smallest absolute Gasteiger partial charge is 0.243 e. The van der Waals surface area contributed by atoms with Gasteiger partial charge in [-0.1, -0.05) is 35.3 Å². The number of amides is 3. The van der Waals surface area contributed by atoms with Gasteiger partial charge in [-0.25, -0.2) is 0 Å². The highest BCUT2D eigenvalue weighted by molar-refractivity contribution is 6.42. The van der Waals surface area contributed by atoms with E-state index in [2.05, 4.69) is 20.6 Å². The molecule has 0 aliphatic rings. The summed E-state index contributed by atoms with van der Waals surface area (Å²) in [4.78, 5) is 46.1. The number of aliphatic imine (C=N–C) groups is 1. The summed E-state index contributed by atoms with van der Waals surface area (Å²) in [6.45, 7) is 0.427. The number of nitrogens with one attached hydrogen (secondary N) is 2. The van der Waals surface area contributed by atoms with Gasteiger partial charge in [0, 0.05) is 31.8 Å². The molecule has 13 heteroatoms. The van der Waals surface area contributed by atoms with Gasteiger partial charge in [-0.05, 0) is 48.6 Å². The van der Waals surface area contributed by atoms with Crippen LogP contribution in [0.2, 0.25) is 10.0 Å². The van der Waals surface area contributed by atoms with Crippen LogP contribution in [-0.4, -0.2) is 53.3 Å². The maximum atomic E-state index is 13.2.